The largest absolute Gasteiger partial charge is 0.480 e. The highest BCUT2D eigenvalue weighted by atomic mass is 32.1. The van der Waals surface area contributed by atoms with Crippen molar-refractivity contribution in [2.75, 3.05) is 5.75 Å². The minimum absolute atomic E-state index is 0.0322. The first-order valence-electron chi connectivity index (χ1n) is 9.23. The van der Waals surface area contributed by atoms with E-state index in [-0.39, 0.29) is 24.5 Å². The Labute approximate surface area is 175 Å². The minimum Gasteiger partial charge on any atom is -0.480 e. The predicted molar refractivity (Wildman–Crippen MR) is 109 cm³/mol. The second-order valence-corrected chi connectivity index (χ2v) is 7.15. The van der Waals surface area contributed by atoms with Gasteiger partial charge in [-0.3, -0.25) is 19.2 Å². The molecule has 0 aliphatic rings. The average Bonchev–Trinajstić information content (AvgIpc) is 2.66. The lowest BCUT2D eigenvalue weighted by Crippen LogP contribution is -2.57. The van der Waals surface area contributed by atoms with Gasteiger partial charge in [-0.2, -0.15) is 12.6 Å². The van der Waals surface area contributed by atoms with Crippen LogP contribution in [0.15, 0.2) is 0 Å². The molecule has 8 N–H and O–H groups in total. The van der Waals surface area contributed by atoms with Crippen LogP contribution in [0.3, 0.4) is 0 Å². The molecule has 5 atom stereocenters. The number of nitrogens with two attached hydrogens (primary N) is 2. The van der Waals surface area contributed by atoms with Crippen LogP contribution in [-0.4, -0.2) is 64.6 Å². The van der Waals surface area contributed by atoms with Crippen molar-refractivity contribution >= 4 is 42.2 Å². The summed E-state index contributed by atoms with van der Waals surface area (Å²) >= 11 is 4.04. The first-order valence-corrected chi connectivity index (χ1v) is 9.86. The molecule has 0 spiro atoms. The van der Waals surface area contributed by atoms with Gasteiger partial charge in [-0.05, 0) is 19.3 Å². The van der Waals surface area contributed by atoms with Gasteiger partial charge in [0.1, 0.15) is 18.1 Å². The Morgan fingerprint density at radius 2 is 1.52 bits per heavy atom. The zero-order valence-corrected chi connectivity index (χ0v) is 17.7. The van der Waals surface area contributed by atoms with Crippen molar-refractivity contribution in [2.24, 2.45) is 17.4 Å². The molecule has 0 aromatic carbocycles. The van der Waals surface area contributed by atoms with E-state index < -0.39 is 53.8 Å². The number of primary amides is 1. The third kappa shape index (κ3) is 9.61. The molecule has 12 heteroatoms. The number of hydrogen-bond acceptors (Lipinski definition) is 7. The van der Waals surface area contributed by atoms with E-state index >= 15 is 0 Å². The van der Waals surface area contributed by atoms with Gasteiger partial charge < -0.3 is 32.5 Å². The molecular weight excluding hydrogens is 402 g/mol. The molecule has 0 saturated heterocycles. The van der Waals surface area contributed by atoms with Gasteiger partial charge in [0.25, 0.3) is 0 Å². The fourth-order valence-corrected chi connectivity index (χ4v) is 2.45. The Kier molecular flexibility index (Phi) is 11.9. The van der Waals surface area contributed by atoms with Crippen LogP contribution >= 0.6 is 12.6 Å². The van der Waals surface area contributed by atoms with E-state index in [2.05, 4.69) is 28.6 Å². The molecule has 11 nitrogen and oxygen atoms in total. The summed E-state index contributed by atoms with van der Waals surface area (Å²) in [6.45, 7) is 5.04. The number of hydrogen-bond donors (Lipinski definition) is 7. The first kappa shape index (κ1) is 26.7. The van der Waals surface area contributed by atoms with Crippen LogP contribution < -0.4 is 27.4 Å². The number of thiol groups is 1. The zero-order chi connectivity index (χ0) is 22.7. The van der Waals surface area contributed by atoms with Gasteiger partial charge in [-0.25, -0.2) is 4.79 Å². The van der Waals surface area contributed by atoms with Crippen molar-refractivity contribution in [1.29, 1.82) is 0 Å². The number of aliphatic carboxylic acids is 1. The molecule has 0 heterocycles. The maximum atomic E-state index is 12.3. The van der Waals surface area contributed by atoms with E-state index in [0.717, 1.165) is 0 Å². The Balaban J connectivity index is 4.85. The summed E-state index contributed by atoms with van der Waals surface area (Å²) in [7, 11) is 0. The third-order valence-corrected chi connectivity index (χ3v) is 4.79. The van der Waals surface area contributed by atoms with Crippen molar-refractivity contribution in [3.05, 3.63) is 0 Å². The molecule has 29 heavy (non-hydrogen) atoms. The summed E-state index contributed by atoms with van der Waals surface area (Å²) in [6.07, 6.45) is 0.284. The highest BCUT2D eigenvalue weighted by molar-refractivity contribution is 7.80. The fraction of sp³-hybridized carbons (Fsp3) is 0.706. The number of carbonyl (C=O) groups is 5. The molecule has 0 aromatic rings. The highest BCUT2D eigenvalue weighted by Crippen LogP contribution is 2.06. The molecule has 0 aromatic heterocycles. The summed E-state index contributed by atoms with van der Waals surface area (Å²) in [5.41, 5.74) is 10.8. The number of carbonyl (C=O) groups excluding carboxylic acids is 4. The quantitative estimate of drug-likeness (QED) is 0.165. The van der Waals surface area contributed by atoms with Crippen LogP contribution in [0.5, 0.6) is 0 Å². The van der Waals surface area contributed by atoms with Gasteiger partial charge in [-0.1, -0.05) is 20.3 Å². The molecule has 166 valence electrons. The fourth-order valence-electron chi connectivity index (χ4n) is 2.19. The van der Waals surface area contributed by atoms with E-state index in [4.69, 9.17) is 16.6 Å². The number of carboxylic acid groups (broad SMARTS) is 1. The van der Waals surface area contributed by atoms with Crippen molar-refractivity contribution in [3.8, 4) is 0 Å². The lowest BCUT2D eigenvalue weighted by atomic mass is 9.99. The van der Waals surface area contributed by atoms with Crippen LogP contribution in [0.25, 0.3) is 0 Å². The molecule has 0 aliphatic carbocycles. The summed E-state index contributed by atoms with van der Waals surface area (Å²) in [4.78, 5) is 58.7. The smallest absolute Gasteiger partial charge is 0.326 e. The van der Waals surface area contributed by atoms with Gasteiger partial charge >= 0.3 is 5.97 Å². The first-order chi connectivity index (χ1) is 13.4. The van der Waals surface area contributed by atoms with Crippen molar-refractivity contribution in [1.82, 2.24) is 16.0 Å². The highest BCUT2D eigenvalue weighted by Gasteiger charge is 2.28. The number of rotatable bonds is 13. The van der Waals surface area contributed by atoms with Crippen molar-refractivity contribution in [2.45, 2.75) is 64.2 Å². The van der Waals surface area contributed by atoms with E-state index in [1.54, 1.807) is 0 Å². The third-order valence-electron chi connectivity index (χ3n) is 4.42. The topological polar surface area (TPSA) is 194 Å². The summed E-state index contributed by atoms with van der Waals surface area (Å²) in [5.74, 6) is -4.10. The normalized spacial score (nSPS) is 15.9. The Hall–Kier alpha value is -2.34. The van der Waals surface area contributed by atoms with E-state index in [0.29, 0.717) is 6.42 Å². The molecule has 4 amide bonds. The second kappa shape index (κ2) is 13.0. The van der Waals surface area contributed by atoms with Gasteiger partial charge in [0.2, 0.25) is 23.6 Å². The van der Waals surface area contributed by atoms with E-state index in [1.165, 1.54) is 6.92 Å². The van der Waals surface area contributed by atoms with Crippen LogP contribution in [0, 0.1) is 5.92 Å². The molecule has 0 aliphatic heterocycles. The summed E-state index contributed by atoms with van der Waals surface area (Å²) in [5, 5.41) is 16.2. The Morgan fingerprint density at radius 1 is 0.966 bits per heavy atom. The molecule has 0 bridgehead atoms. The van der Waals surface area contributed by atoms with E-state index in [9.17, 15) is 24.0 Å². The molecule has 0 radical (unpaired) electrons. The molecule has 0 rings (SSSR count). The van der Waals surface area contributed by atoms with Gasteiger partial charge in [-0.15, -0.1) is 0 Å². The zero-order valence-electron chi connectivity index (χ0n) is 16.8. The van der Waals surface area contributed by atoms with Gasteiger partial charge in [0, 0.05) is 12.2 Å². The lowest BCUT2D eigenvalue weighted by molar-refractivity contribution is -0.142. The standard InChI is InChI=1S/C17H31N5O6S/c1-4-8(2)13(19)16(26)22-11(7-29)15(25)20-9(3)14(24)21-10(17(27)28)5-6-12(18)23/h8-11,13,29H,4-7,19H2,1-3H3,(H2,18,23)(H,20,25)(H,21,24)(H,22,26)(H,27,28). The monoisotopic (exact) mass is 433 g/mol. The number of carboxylic acids is 1. The number of nitrogens with one attached hydrogen (secondary N) is 3. The Morgan fingerprint density at radius 3 is 1.97 bits per heavy atom. The predicted octanol–water partition coefficient (Wildman–Crippen LogP) is -1.89. The van der Waals surface area contributed by atoms with Gasteiger partial charge in [0.15, 0.2) is 0 Å². The van der Waals surface area contributed by atoms with Crippen molar-refractivity contribution in [3.63, 3.8) is 0 Å². The van der Waals surface area contributed by atoms with E-state index in [1.807, 2.05) is 13.8 Å². The summed E-state index contributed by atoms with van der Waals surface area (Å²) in [6, 6.07) is -4.25. The van der Waals surface area contributed by atoms with Crippen molar-refractivity contribution < 1.29 is 29.1 Å². The molecule has 0 fully saturated rings. The maximum Gasteiger partial charge on any atom is 0.326 e. The van der Waals surface area contributed by atoms with Crippen LogP contribution in [0.1, 0.15) is 40.0 Å². The molecule has 0 saturated carbocycles. The van der Waals surface area contributed by atoms with Gasteiger partial charge in [0.05, 0.1) is 6.04 Å². The number of amides is 4. The molecular formula is C17H31N5O6S. The van der Waals surface area contributed by atoms with Crippen LogP contribution in [0.2, 0.25) is 0 Å². The Bertz CT molecular complexity index is 617. The molecule has 5 unspecified atom stereocenters. The maximum absolute atomic E-state index is 12.3. The van der Waals surface area contributed by atoms with Crippen LogP contribution in [-0.2, 0) is 24.0 Å². The second-order valence-electron chi connectivity index (χ2n) is 6.79. The van der Waals surface area contributed by atoms with Crippen LogP contribution in [0.4, 0.5) is 0 Å². The lowest BCUT2D eigenvalue weighted by Gasteiger charge is -2.24. The summed E-state index contributed by atoms with van der Waals surface area (Å²) < 4.78 is 0. The minimum atomic E-state index is -1.34. The average molecular weight is 434 g/mol. The SMILES string of the molecule is CCC(C)C(N)C(=O)NC(CS)C(=O)NC(C)C(=O)NC(CCC(N)=O)C(=O)O.